The number of Topliss-reactive ketones (excluding diaryl/α,β-unsaturated/α-hetero) is 1. The number of carboxylic acid groups (broad SMARTS) is 1. The van der Waals surface area contributed by atoms with Crippen LogP contribution in [0.1, 0.15) is 38.5 Å². The molecule has 0 saturated carbocycles. The molecule has 0 radical (unpaired) electrons. The lowest BCUT2D eigenvalue weighted by molar-refractivity contribution is -0.152. The van der Waals surface area contributed by atoms with E-state index >= 15 is 0 Å². The maximum atomic E-state index is 11.1. The molecule has 1 saturated heterocycles. The van der Waals surface area contributed by atoms with Crippen molar-refractivity contribution in [1.29, 1.82) is 0 Å². The predicted octanol–water partition coefficient (Wildman–Crippen LogP) is 0.322. The summed E-state index contributed by atoms with van der Waals surface area (Å²) < 4.78 is 23.7. The lowest BCUT2D eigenvalue weighted by Crippen LogP contribution is -2.11. The van der Waals surface area contributed by atoms with Crippen LogP contribution in [0, 0.1) is 0 Å². The van der Waals surface area contributed by atoms with Crippen LogP contribution in [0.5, 0.6) is 0 Å². The van der Waals surface area contributed by atoms with E-state index in [4.69, 9.17) is 29.8 Å². The van der Waals surface area contributed by atoms with Gasteiger partial charge in [0, 0.05) is 40.2 Å². The second kappa shape index (κ2) is 23.4. The van der Waals surface area contributed by atoms with Crippen molar-refractivity contribution in [1.82, 2.24) is 0 Å². The molecule has 0 aromatic carbocycles. The highest BCUT2D eigenvalue weighted by Crippen LogP contribution is 2.04. The van der Waals surface area contributed by atoms with Gasteiger partial charge in [-0.25, -0.2) is 0 Å². The molecule has 1 heterocycles. The van der Waals surface area contributed by atoms with Crippen molar-refractivity contribution in [2.24, 2.45) is 5.73 Å². The average molecular weight is 437 g/mol. The number of carbonyl (C=O) groups is 4. The molecule has 0 unspecified atom stereocenters. The van der Waals surface area contributed by atoms with E-state index in [1.54, 1.807) is 14.2 Å². The van der Waals surface area contributed by atoms with Crippen LogP contribution >= 0.6 is 0 Å². The first-order chi connectivity index (χ1) is 14.4. The van der Waals surface area contributed by atoms with Gasteiger partial charge < -0.3 is 34.5 Å². The van der Waals surface area contributed by atoms with E-state index in [2.05, 4.69) is 4.74 Å². The highest BCUT2D eigenvalue weighted by molar-refractivity contribution is 5.92. The monoisotopic (exact) mass is 437 g/mol. The zero-order chi connectivity index (χ0) is 23.0. The molecule has 1 fully saturated rings. The summed E-state index contributed by atoms with van der Waals surface area (Å²) in [5, 5.41) is 8.34. The quantitative estimate of drug-likeness (QED) is 0.206. The fraction of sp³-hybridized carbons (Fsp3) is 0.789. The van der Waals surface area contributed by atoms with Gasteiger partial charge in [0.2, 0.25) is 0 Å². The van der Waals surface area contributed by atoms with Gasteiger partial charge in [0.05, 0.1) is 52.3 Å². The summed E-state index contributed by atoms with van der Waals surface area (Å²) in [6.07, 6.45) is 1.59. The van der Waals surface area contributed by atoms with Crippen LogP contribution in [0.25, 0.3) is 0 Å². The third-order valence-corrected chi connectivity index (χ3v) is 3.25. The molecule has 0 bridgehead atoms. The Kier molecular flexibility index (Phi) is 23.6. The van der Waals surface area contributed by atoms with E-state index in [-0.39, 0.29) is 31.5 Å². The van der Waals surface area contributed by atoms with Crippen molar-refractivity contribution in [3.63, 3.8) is 0 Å². The van der Waals surface area contributed by atoms with Crippen molar-refractivity contribution in [2.45, 2.75) is 38.5 Å². The van der Waals surface area contributed by atoms with E-state index in [0.717, 1.165) is 0 Å². The van der Waals surface area contributed by atoms with Gasteiger partial charge >= 0.3 is 17.9 Å². The van der Waals surface area contributed by atoms with Gasteiger partial charge in [-0.05, 0) is 6.42 Å². The highest BCUT2D eigenvalue weighted by Gasteiger charge is 2.19. The number of ketones is 1. The number of esters is 2. The fourth-order valence-electron chi connectivity index (χ4n) is 1.75. The minimum atomic E-state index is -0.931. The standard InChI is InChI=1S/C10H18O5.C5H13NO2.C4H4O3/c1-14-7-8-15-6-2-3-9(11)4-5-10(12)13;1-7-4-5-8-3-2-6;5-3-1-2-4(6)7-3/h2-8H2,1H3,(H,12,13);2-6H2,1H3;1-2H2. The maximum Gasteiger partial charge on any atom is 0.314 e. The third kappa shape index (κ3) is 26.1. The number of carbonyl (C=O) groups excluding carboxylic acids is 3. The van der Waals surface area contributed by atoms with Crippen LogP contribution in [0.2, 0.25) is 0 Å². The summed E-state index contributed by atoms with van der Waals surface area (Å²) >= 11 is 0. The van der Waals surface area contributed by atoms with E-state index < -0.39 is 17.9 Å². The molecule has 176 valence electrons. The normalized spacial score (nSPS) is 12.4. The zero-order valence-electron chi connectivity index (χ0n) is 17.9. The average Bonchev–Trinajstić information content (AvgIpc) is 3.10. The summed E-state index contributed by atoms with van der Waals surface area (Å²) in [5.74, 6) is -1.75. The Morgan fingerprint density at radius 2 is 1.40 bits per heavy atom. The minimum Gasteiger partial charge on any atom is -0.481 e. The molecular weight excluding hydrogens is 402 g/mol. The molecule has 3 N–H and O–H groups in total. The number of methoxy groups -OCH3 is 2. The minimum absolute atomic E-state index is 0.0206. The molecule has 1 aliphatic heterocycles. The molecule has 11 heteroatoms. The zero-order valence-corrected chi connectivity index (χ0v) is 17.9. The molecule has 0 spiro atoms. The Balaban J connectivity index is 0. The van der Waals surface area contributed by atoms with E-state index in [1.165, 1.54) is 0 Å². The van der Waals surface area contributed by atoms with Crippen molar-refractivity contribution in [3.05, 3.63) is 0 Å². The van der Waals surface area contributed by atoms with Crippen LogP contribution in [0.15, 0.2) is 0 Å². The number of ether oxygens (including phenoxy) is 5. The number of cyclic esters (lactones) is 2. The first-order valence-corrected chi connectivity index (χ1v) is 9.67. The predicted molar refractivity (Wildman–Crippen MR) is 106 cm³/mol. The second-order valence-electron chi connectivity index (χ2n) is 5.88. The number of carboxylic acids is 1. The Labute approximate surface area is 177 Å². The summed E-state index contributed by atoms with van der Waals surface area (Å²) in [5.41, 5.74) is 5.14. The van der Waals surface area contributed by atoms with Crippen LogP contribution in [-0.2, 0) is 42.9 Å². The smallest absolute Gasteiger partial charge is 0.314 e. The molecule has 30 heavy (non-hydrogen) atoms. The van der Waals surface area contributed by atoms with Gasteiger partial charge in [-0.3, -0.25) is 19.2 Å². The van der Waals surface area contributed by atoms with Crippen LogP contribution in [-0.4, -0.2) is 89.2 Å². The number of rotatable bonds is 15. The first-order valence-electron chi connectivity index (χ1n) is 9.67. The summed E-state index contributed by atoms with van der Waals surface area (Å²) in [6, 6.07) is 0. The largest absolute Gasteiger partial charge is 0.481 e. The lowest BCUT2D eigenvalue weighted by atomic mass is 10.1. The van der Waals surface area contributed by atoms with Crippen molar-refractivity contribution in [2.75, 3.05) is 60.4 Å². The van der Waals surface area contributed by atoms with E-state index in [9.17, 15) is 19.2 Å². The summed E-state index contributed by atoms with van der Waals surface area (Å²) in [6.45, 7) is 4.11. The summed E-state index contributed by atoms with van der Waals surface area (Å²) in [4.78, 5) is 41.3. The van der Waals surface area contributed by atoms with Gasteiger partial charge in [-0.15, -0.1) is 0 Å². The van der Waals surface area contributed by atoms with Gasteiger partial charge in [0.25, 0.3) is 0 Å². The molecular formula is C19H35NO10. The molecule has 1 rings (SSSR count). The van der Waals surface area contributed by atoms with Crippen LogP contribution in [0.3, 0.4) is 0 Å². The van der Waals surface area contributed by atoms with Gasteiger partial charge in [0.15, 0.2) is 0 Å². The lowest BCUT2D eigenvalue weighted by Gasteiger charge is -2.02. The molecule has 1 aliphatic rings. The van der Waals surface area contributed by atoms with Crippen molar-refractivity contribution >= 4 is 23.7 Å². The number of hydrogen-bond donors (Lipinski definition) is 2. The maximum absolute atomic E-state index is 11.1. The second-order valence-corrected chi connectivity index (χ2v) is 5.88. The highest BCUT2D eigenvalue weighted by atomic mass is 16.6. The Morgan fingerprint density at radius 1 is 0.867 bits per heavy atom. The SMILES string of the molecule is COCCOCCCC(=O)CCC(=O)O.COCCOCCN.O=C1CCC(=O)O1. The van der Waals surface area contributed by atoms with Crippen molar-refractivity contribution in [3.8, 4) is 0 Å². The van der Waals surface area contributed by atoms with Crippen molar-refractivity contribution < 1.29 is 48.0 Å². The molecule has 0 amide bonds. The first kappa shape index (κ1) is 30.3. The Bertz CT molecular complexity index is 450. The van der Waals surface area contributed by atoms with E-state index in [1.807, 2.05) is 0 Å². The fourth-order valence-corrected chi connectivity index (χ4v) is 1.75. The van der Waals surface area contributed by atoms with Gasteiger partial charge in [-0.2, -0.15) is 0 Å². The van der Waals surface area contributed by atoms with Crippen LogP contribution in [0.4, 0.5) is 0 Å². The topological polar surface area (TPSA) is 161 Å². The molecule has 0 atom stereocenters. The molecule has 0 aromatic heterocycles. The van der Waals surface area contributed by atoms with E-state index in [0.29, 0.717) is 59.0 Å². The van der Waals surface area contributed by atoms with Crippen LogP contribution < -0.4 is 5.73 Å². The van der Waals surface area contributed by atoms with Gasteiger partial charge in [-0.1, -0.05) is 0 Å². The number of hydrogen-bond acceptors (Lipinski definition) is 10. The molecule has 0 aromatic rings. The number of aliphatic carboxylic acids is 1. The molecule has 11 nitrogen and oxygen atoms in total. The third-order valence-electron chi connectivity index (χ3n) is 3.25. The Hall–Kier alpha value is -1.92. The Morgan fingerprint density at radius 3 is 1.80 bits per heavy atom. The van der Waals surface area contributed by atoms with Gasteiger partial charge in [0.1, 0.15) is 5.78 Å². The summed E-state index contributed by atoms with van der Waals surface area (Å²) in [7, 11) is 3.24. The number of nitrogens with two attached hydrogens (primary N) is 1. The molecule has 0 aliphatic carbocycles.